The van der Waals surface area contributed by atoms with Gasteiger partial charge in [0, 0.05) is 13.0 Å². The van der Waals surface area contributed by atoms with Gasteiger partial charge in [0.25, 0.3) is 5.91 Å². The minimum atomic E-state index is -0.740. The van der Waals surface area contributed by atoms with Crippen LogP contribution in [0.3, 0.4) is 0 Å². The molecule has 1 aromatic carbocycles. The zero-order chi connectivity index (χ0) is 17.4. The molecule has 0 radical (unpaired) electrons. The van der Waals surface area contributed by atoms with Gasteiger partial charge in [-0.05, 0) is 24.5 Å². The molecule has 2 N–H and O–H groups in total. The third-order valence-corrected chi connectivity index (χ3v) is 3.70. The summed E-state index contributed by atoms with van der Waals surface area (Å²) in [6, 6.07) is 9.24. The number of carbonyl (C=O) groups is 3. The predicted molar refractivity (Wildman–Crippen MR) is 89.6 cm³/mol. The van der Waals surface area contributed by atoms with Gasteiger partial charge in [-0.25, -0.2) is 4.79 Å². The van der Waals surface area contributed by atoms with E-state index in [4.69, 9.17) is 4.74 Å². The SMILES string of the molecule is CC(=O)N/C(=C/c1ccccc1)C(=O)OCC(=O)NC1CCCC1. The molecule has 0 saturated heterocycles. The second-order valence-corrected chi connectivity index (χ2v) is 5.77. The number of esters is 1. The number of nitrogens with one attached hydrogen (secondary N) is 2. The number of hydrogen-bond donors (Lipinski definition) is 2. The van der Waals surface area contributed by atoms with E-state index >= 15 is 0 Å². The van der Waals surface area contributed by atoms with E-state index in [0.717, 1.165) is 31.2 Å². The first kappa shape index (κ1) is 17.7. The summed E-state index contributed by atoms with van der Waals surface area (Å²) in [5.41, 5.74) is 0.746. The van der Waals surface area contributed by atoms with Crippen molar-refractivity contribution in [3.8, 4) is 0 Å². The van der Waals surface area contributed by atoms with Crippen molar-refractivity contribution in [3.63, 3.8) is 0 Å². The Morgan fingerprint density at radius 2 is 1.83 bits per heavy atom. The Balaban J connectivity index is 1.93. The monoisotopic (exact) mass is 330 g/mol. The van der Waals surface area contributed by atoms with Crippen LogP contribution in [0.2, 0.25) is 0 Å². The summed E-state index contributed by atoms with van der Waals surface area (Å²) in [5.74, 6) is -1.45. The fourth-order valence-corrected chi connectivity index (χ4v) is 2.60. The Morgan fingerprint density at radius 1 is 1.17 bits per heavy atom. The molecule has 1 saturated carbocycles. The van der Waals surface area contributed by atoms with Crippen LogP contribution in [-0.4, -0.2) is 30.4 Å². The molecule has 0 aliphatic heterocycles. The van der Waals surface area contributed by atoms with E-state index in [2.05, 4.69) is 10.6 Å². The van der Waals surface area contributed by atoms with E-state index < -0.39 is 5.97 Å². The number of carbonyl (C=O) groups excluding carboxylic acids is 3. The molecular formula is C18H22N2O4. The Labute approximate surface area is 141 Å². The van der Waals surface area contributed by atoms with Gasteiger partial charge in [0.05, 0.1) is 0 Å². The largest absolute Gasteiger partial charge is 0.451 e. The molecule has 1 aliphatic rings. The van der Waals surface area contributed by atoms with Gasteiger partial charge in [0.2, 0.25) is 5.91 Å². The summed E-state index contributed by atoms with van der Waals surface area (Å²) < 4.78 is 5.02. The molecule has 24 heavy (non-hydrogen) atoms. The number of hydrogen-bond acceptors (Lipinski definition) is 4. The molecule has 128 valence electrons. The molecular weight excluding hydrogens is 308 g/mol. The zero-order valence-electron chi connectivity index (χ0n) is 13.7. The fraction of sp³-hybridized carbons (Fsp3) is 0.389. The van der Waals surface area contributed by atoms with E-state index in [1.807, 2.05) is 18.2 Å². The Morgan fingerprint density at radius 3 is 2.46 bits per heavy atom. The number of rotatable bonds is 6. The summed E-state index contributed by atoms with van der Waals surface area (Å²) in [7, 11) is 0. The van der Waals surface area contributed by atoms with Crippen LogP contribution in [-0.2, 0) is 19.1 Å². The van der Waals surface area contributed by atoms with E-state index in [0.29, 0.717) is 0 Å². The average molecular weight is 330 g/mol. The van der Waals surface area contributed by atoms with Crippen molar-refractivity contribution < 1.29 is 19.1 Å². The van der Waals surface area contributed by atoms with Crippen LogP contribution in [0.5, 0.6) is 0 Å². The van der Waals surface area contributed by atoms with Crippen molar-refractivity contribution in [1.29, 1.82) is 0 Å². The van der Waals surface area contributed by atoms with Crippen molar-refractivity contribution in [1.82, 2.24) is 10.6 Å². The average Bonchev–Trinajstić information content (AvgIpc) is 3.05. The summed E-state index contributed by atoms with van der Waals surface area (Å²) in [6.07, 6.45) is 5.66. The summed E-state index contributed by atoms with van der Waals surface area (Å²) >= 11 is 0. The first-order chi connectivity index (χ1) is 11.5. The molecule has 2 rings (SSSR count). The standard InChI is InChI=1S/C18H22N2O4/c1-13(21)19-16(11-14-7-3-2-4-8-14)18(23)24-12-17(22)20-15-9-5-6-10-15/h2-4,7-8,11,15H,5-6,9-10,12H2,1H3,(H,19,21)(H,20,22)/b16-11+. The molecule has 1 aliphatic carbocycles. The Kier molecular flexibility index (Phi) is 6.54. The Bertz CT molecular complexity index is 619. The molecule has 2 amide bonds. The quantitative estimate of drug-likeness (QED) is 0.615. The third kappa shape index (κ3) is 5.87. The summed E-state index contributed by atoms with van der Waals surface area (Å²) in [5, 5.41) is 5.28. The molecule has 0 bridgehead atoms. The zero-order valence-corrected chi connectivity index (χ0v) is 13.7. The van der Waals surface area contributed by atoms with Gasteiger partial charge >= 0.3 is 5.97 Å². The minimum Gasteiger partial charge on any atom is -0.451 e. The molecule has 0 atom stereocenters. The van der Waals surface area contributed by atoms with Crippen molar-refractivity contribution in [2.75, 3.05) is 6.61 Å². The van der Waals surface area contributed by atoms with Crippen molar-refractivity contribution in [3.05, 3.63) is 41.6 Å². The van der Waals surface area contributed by atoms with Crippen LogP contribution in [0.1, 0.15) is 38.2 Å². The lowest BCUT2D eigenvalue weighted by molar-refractivity contribution is -0.145. The normalized spacial score (nSPS) is 15.0. The Hall–Kier alpha value is -2.63. The van der Waals surface area contributed by atoms with E-state index in [9.17, 15) is 14.4 Å². The molecule has 0 aromatic heterocycles. The maximum atomic E-state index is 12.1. The van der Waals surface area contributed by atoms with Gasteiger partial charge < -0.3 is 15.4 Å². The van der Waals surface area contributed by atoms with Crippen molar-refractivity contribution in [2.45, 2.75) is 38.6 Å². The maximum Gasteiger partial charge on any atom is 0.355 e. The van der Waals surface area contributed by atoms with Crippen LogP contribution in [0.15, 0.2) is 36.0 Å². The molecule has 6 heteroatoms. The fourth-order valence-electron chi connectivity index (χ4n) is 2.60. The van der Waals surface area contributed by atoms with E-state index in [-0.39, 0.29) is 30.2 Å². The topological polar surface area (TPSA) is 84.5 Å². The lowest BCUT2D eigenvalue weighted by atomic mass is 10.2. The van der Waals surface area contributed by atoms with Gasteiger partial charge in [0.15, 0.2) is 6.61 Å². The van der Waals surface area contributed by atoms with Gasteiger partial charge in [-0.15, -0.1) is 0 Å². The van der Waals surface area contributed by atoms with Crippen LogP contribution in [0.25, 0.3) is 6.08 Å². The lowest BCUT2D eigenvalue weighted by Gasteiger charge is -2.13. The first-order valence-corrected chi connectivity index (χ1v) is 8.05. The second kappa shape index (κ2) is 8.86. The highest BCUT2D eigenvalue weighted by Gasteiger charge is 2.19. The predicted octanol–water partition coefficient (Wildman–Crippen LogP) is 1.77. The van der Waals surface area contributed by atoms with Crippen LogP contribution in [0.4, 0.5) is 0 Å². The summed E-state index contributed by atoms with van der Waals surface area (Å²) in [6.45, 7) is 0.944. The second-order valence-electron chi connectivity index (χ2n) is 5.77. The molecule has 1 fully saturated rings. The molecule has 1 aromatic rings. The highest BCUT2D eigenvalue weighted by Crippen LogP contribution is 2.17. The van der Waals surface area contributed by atoms with Crippen LogP contribution < -0.4 is 10.6 Å². The van der Waals surface area contributed by atoms with Crippen LogP contribution >= 0.6 is 0 Å². The van der Waals surface area contributed by atoms with Gasteiger partial charge in [0.1, 0.15) is 5.70 Å². The van der Waals surface area contributed by atoms with Gasteiger partial charge in [-0.3, -0.25) is 9.59 Å². The first-order valence-electron chi connectivity index (χ1n) is 8.05. The number of amides is 2. The van der Waals surface area contributed by atoms with E-state index in [1.54, 1.807) is 12.1 Å². The third-order valence-electron chi connectivity index (χ3n) is 3.70. The highest BCUT2D eigenvalue weighted by atomic mass is 16.5. The summed E-state index contributed by atoms with van der Waals surface area (Å²) in [4.78, 5) is 35.2. The molecule has 0 unspecified atom stereocenters. The molecule has 0 spiro atoms. The smallest absolute Gasteiger partial charge is 0.355 e. The minimum absolute atomic E-state index is 0.00219. The maximum absolute atomic E-state index is 12.1. The van der Waals surface area contributed by atoms with E-state index in [1.165, 1.54) is 13.0 Å². The highest BCUT2D eigenvalue weighted by molar-refractivity contribution is 5.98. The van der Waals surface area contributed by atoms with Gasteiger partial charge in [-0.2, -0.15) is 0 Å². The van der Waals surface area contributed by atoms with Crippen molar-refractivity contribution >= 4 is 23.9 Å². The number of ether oxygens (including phenoxy) is 1. The molecule has 0 heterocycles. The van der Waals surface area contributed by atoms with Gasteiger partial charge in [-0.1, -0.05) is 43.2 Å². The van der Waals surface area contributed by atoms with Crippen LogP contribution in [0, 0.1) is 0 Å². The van der Waals surface area contributed by atoms with Crippen molar-refractivity contribution in [2.24, 2.45) is 0 Å². The number of benzene rings is 1. The lowest BCUT2D eigenvalue weighted by Crippen LogP contribution is -2.36. The molecule has 6 nitrogen and oxygen atoms in total.